The lowest BCUT2D eigenvalue weighted by Crippen LogP contribution is -2.35. The van der Waals surface area contributed by atoms with E-state index in [4.69, 9.17) is 0 Å². The van der Waals surface area contributed by atoms with Crippen molar-refractivity contribution in [2.24, 2.45) is 5.92 Å². The highest BCUT2D eigenvalue weighted by atomic mass is 16.1. The van der Waals surface area contributed by atoms with Gasteiger partial charge in [0.05, 0.1) is 0 Å². The van der Waals surface area contributed by atoms with E-state index in [9.17, 15) is 4.79 Å². The van der Waals surface area contributed by atoms with Crippen LogP contribution >= 0.6 is 0 Å². The second-order valence-electron chi connectivity index (χ2n) is 7.36. The second kappa shape index (κ2) is 8.47. The van der Waals surface area contributed by atoms with E-state index in [2.05, 4.69) is 33.5 Å². The quantitative estimate of drug-likeness (QED) is 0.807. The van der Waals surface area contributed by atoms with Gasteiger partial charge in [-0.25, -0.2) is 4.98 Å². The van der Waals surface area contributed by atoms with Crippen LogP contribution in [0.15, 0.2) is 18.3 Å². The van der Waals surface area contributed by atoms with E-state index in [1.165, 1.54) is 24.8 Å². The Balaban J connectivity index is 1.31. The molecule has 24 heavy (non-hydrogen) atoms. The maximum Gasteiger partial charge on any atom is 0.221 e. The van der Waals surface area contributed by atoms with Crippen molar-refractivity contribution >= 4 is 11.7 Å². The fourth-order valence-electron chi connectivity index (χ4n) is 3.73. The highest BCUT2D eigenvalue weighted by molar-refractivity contribution is 5.76. The molecule has 132 valence electrons. The number of amides is 1. The Morgan fingerprint density at radius 3 is 2.88 bits per heavy atom. The fourth-order valence-corrected chi connectivity index (χ4v) is 3.73. The van der Waals surface area contributed by atoms with E-state index in [1.807, 2.05) is 12.3 Å². The van der Waals surface area contributed by atoms with Crippen molar-refractivity contribution in [2.75, 3.05) is 31.5 Å². The van der Waals surface area contributed by atoms with Crippen LogP contribution in [0.25, 0.3) is 0 Å². The third-order valence-electron chi connectivity index (χ3n) is 5.23. The molecule has 5 nitrogen and oxygen atoms in total. The topological polar surface area (TPSA) is 57.3 Å². The zero-order valence-corrected chi connectivity index (χ0v) is 14.8. The Morgan fingerprint density at radius 1 is 1.29 bits per heavy atom. The van der Waals surface area contributed by atoms with Gasteiger partial charge in [0.15, 0.2) is 0 Å². The van der Waals surface area contributed by atoms with Crippen LogP contribution in [-0.4, -0.2) is 48.0 Å². The van der Waals surface area contributed by atoms with Crippen molar-refractivity contribution in [2.45, 2.75) is 51.5 Å². The number of nitrogens with one attached hydrogen (secondary N) is 2. The number of carbonyl (C=O) groups excluding carboxylic acids is 1. The summed E-state index contributed by atoms with van der Waals surface area (Å²) < 4.78 is 0. The van der Waals surface area contributed by atoms with Crippen molar-refractivity contribution in [1.82, 2.24) is 15.2 Å². The summed E-state index contributed by atoms with van der Waals surface area (Å²) in [6.07, 6.45) is 8.58. The van der Waals surface area contributed by atoms with Gasteiger partial charge in [-0.2, -0.15) is 0 Å². The number of hydrogen-bond donors (Lipinski definition) is 2. The molecule has 2 fully saturated rings. The van der Waals surface area contributed by atoms with Gasteiger partial charge in [0.2, 0.25) is 5.91 Å². The zero-order valence-electron chi connectivity index (χ0n) is 14.8. The molecule has 5 heteroatoms. The van der Waals surface area contributed by atoms with Crippen molar-refractivity contribution in [1.29, 1.82) is 0 Å². The van der Waals surface area contributed by atoms with E-state index in [-0.39, 0.29) is 5.91 Å². The second-order valence-corrected chi connectivity index (χ2v) is 7.36. The van der Waals surface area contributed by atoms with E-state index < -0.39 is 0 Å². The molecule has 1 saturated carbocycles. The fraction of sp³-hybridized carbons (Fsp3) is 0.684. The summed E-state index contributed by atoms with van der Waals surface area (Å²) in [5, 5.41) is 6.61. The third-order valence-corrected chi connectivity index (χ3v) is 5.23. The highest BCUT2D eigenvalue weighted by Gasteiger charge is 2.23. The first-order valence-corrected chi connectivity index (χ1v) is 9.37. The smallest absolute Gasteiger partial charge is 0.221 e. The Labute approximate surface area is 145 Å². The molecule has 0 spiro atoms. The summed E-state index contributed by atoms with van der Waals surface area (Å²) in [5.41, 5.74) is 1.18. The summed E-state index contributed by atoms with van der Waals surface area (Å²) in [6, 6.07) is 4.56. The number of aromatic nitrogens is 1. The van der Waals surface area contributed by atoms with Gasteiger partial charge in [-0.15, -0.1) is 0 Å². The first-order valence-electron chi connectivity index (χ1n) is 9.37. The number of pyridine rings is 1. The average Bonchev–Trinajstić information content (AvgIpc) is 3.24. The van der Waals surface area contributed by atoms with Crippen LogP contribution in [0.2, 0.25) is 0 Å². The number of hydrogen-bond acceptors (Lipinski definition) is 4. The van der Waals surface area contributed by atoms with Crippen molar-refractivity contribution in [3.05, 3.63) is 23.9 Å². The Bertz CT molecular complexity index is 525. The molecule has 0 bridgehead atoms. The van der Waals surface area contributed by atoms with Gasteiger partial charge in [0, 0.05) is 38.3 Å². The molecule has 1 saturated heterocycles. The summed E-state index contributed by atoms with van der Waals surface area (Å²) in [6.45, 7) is 6.08. The lowest BCUT2D eigenvalue weighted by atomic mass is 10.1. The predicted octanol–water partition coefficient (Wildman–Crippen LogP) is 2.57. The minimum absolute atomic E-state index is 0.229. The third kappa shape index (κ3) is 5.20. The van der Waals surface area contributed by atoms with Gasteiger partial charge in [-0.1, -0.05) is 18.9 Å². The normalized spacial score (nSPS) is 22.0. The Kier molecular flexibility index (Phi) is 6.07. The number of nitrogens with zero attached hydrogens (tertiary/aromatic N) is 2. The van der Waals surface area contributed by atoms with Crippen LogP contribution in [0.4, 0.5) is 5.82 Å². The van der Waals surface area contributed by atoms with Crippen molar-refractivity contribution < 1.29 is 4.79 Å². The molecule has 2 heterocycles. The van der Waals surface area contributed by atoms with Crippen LogP contribution in [0.3, 0.4) is 0 Å². The van der Waals surface area contributed by atoms with Crippen LogP contribution in [0, 0.1) is 12.8 Å². The van der Waals surface area contributed by atoms with Crippen LogP contribution in [0.5, 0.6) is 0 Å². The molecule has 1 aromatic heterocycles. The number of likely N-dealkylation sites (tertiary alicyclic amines) is 1. The summed E-state index contributed by atoms with van der Waals surface area (Å²) >= 11 is 0. The molecular weight excluding hydrogens is 300 g/mol. The molecule has 2 aliphatic rings. The first kappa shape index (κ1) is 17.2. The number of anilines is 1. The van der Waals surface area contributed by atoms with Crippen LogP contribution in [-0.2, 0) is 4.79 Å². The average molecular weight is 330 g/mol. The molecule has 0 unspecified atom stereocenters. The van der Waals surface area contributed by atoms with Gasteiger partial charge < -0.3 is 15.5 Å². The van der Waals surface area contributed by atoms with Gasteiger partial charge in [-0.05, 0) is 50.3 Å². The van der Waals surface area contributed by atoms with Gasteiger partial charge in [0.1, 0.15) is 5.82 Å². The summed E-state index contributed by atoms with van der Waals surface area (Å²) in [7, 11) is 0. The maximum atomic E-state index is 12.0. The first-order chi connectivity index (χ1) is 11.7. The molecule has 1 aliphatic carbocycles. The van der Waals surface area contributed by atoms with E-state index >= 15 is 0 Å². The summed E-state index contributed by atoms with van der Waals surface area (Å²) in [5.74, 6) is 1.83. The molecule has 1 amide bonds. The van der Waals surface area contributed by atoms with E-state index in [1.54, 1.807) is 0 Å². The monoisotopic (exact) mass is 330 g/mol. The highest BCUT2D eigenvalue weighted by Crippen LogP contribution is 2.19. The standard InChI is InChI=1S/C19H30N4O/c1-15-6-7-18(20-12-15)21-13-16-8-10-23(14-16)11-9-19(24)22-17-4-2-3-5-17/h6-7,12,16-17H,2-5,8-11,13-14H2,1H3,(H,20,21)(H,22,24)/t16-/m1/s1. The minimum atomic E-state index is 0.229. The SMILES string of the molecule is Cc1ccc(NC[C@H]2CCN(CCC(=O)NC3CCCC3)C2)nc1. The largest absolute Gasteiger partial charge is 0.370 e. The van der Waals surface area contributed by atoms with Crippen molar-refractivity contribution in [3.63, 3.8) is 0 Å². The molecule has 1 atom stereocenters. The lowest BCUT2D eigenvalue weighted by molar-refractivity contribution is -0.122. The Hall–Kier alpha value is -1.62. The molecule has 1 aliphatic heterocycles. The van der Waals surface area contributed by atoms with Crippen LogP contribution in [0.1, 0.15) is 44.1 Å². The van der Waals surface area contributed by atoms with Crippen molar-refractivity contribution in [3.8, 4) is 0 Å². The number of aryl methyl sites for hydroxylation is 1. The summed E-state index contributed by atoms with van der Waals surface area (Å²) in [4.78, 5) is 18.8. The number of rotatable bonds is 7. The van der Waals surface area contributed by atoms with E-state index in [0.29, 0.717) is 18.4 Å². The molecule has 0 aromatic carbocycles. The lowest BCUT2D eigenvalue weighted by Gasteiger charge is -2.17. The van der Waals surface area contributed by atoms with E-state index in [0.717, 1.165) is 44.8 Å². The van der Waals surface area contributed by atoms with Gasteiger partial charge in [-0.3, -0.25) is 4.79 Å². The Morgan fingerprint density at radius 2 is 2.12 bits per heavy atom. The molecule has 3 rings (SSSR count). The van der Waals surface area contributed by atoms with Gasteiger partial charge in [0.25, 0.3) is 0 Å². The zero-order chi connectivity index (χ0) is 16.8. The molecule has 0 radical (unpaired) electrons. The minimum Gasteiger partial charge on any atom is -0.370 e. The maximum absolute atomic E-state index is 12.0. The van der Waals surface area contributed by atoms with Crippen LogP contribution < -0.4 is 10.6 Å². The number of carbonyl (C=O) groups is 1. The molecule has 1 aromatic rings. The molecular formula is C19H30N4O. The van der Waals surface area contributed by atoms with Gasteiger partial charge >= 0.3 is 0 Å². The predicted molar refractivity (Wildman–Crippen MR) is 97.0 cm³/mol. The molecule has 2 N–H and O–H groups in total.